The number of allylic oxidation sites excluding steroid dienone is 2. The zero-order chi connectivity index (χ0) is 13.9. The maximum absolute atomic E-state index is 12.3. The highest BCUT2D eigenvalue weighted by Crippen LogP contribution is 2.35. The number of rotatable bonds is 4. The zero-order valence-electron chi connectivity index (χ0n) is 12.0. The second-order valence-corrected chi connectivity index (χ2v) is 6.07. The molecule has 5 heteroatoms. The fraction of sp³-hybridized carbons (Fsp3) is 0.667. The van der Waals surface area contributed by atoms with Crippen LogP contribution in [0.1, 0.15) is 32.6 Å². The van der Waals surface area contributed by atoms with Gasteiger partial charge in [0.1, 0.15) is 12.7 Å². The number of carbonyl (C=O) groups is 1. The first-order chi connectivity index (χ1) is 9.72. The van der Waals surface area contributed by atoms with Crippen molar-refractivity contribution in [2.24, 2.45) is 11.8 Å². The van der Waals surface area contributed by atoms with Gasteiger partial charge in [0.2, 0.25) is 5.91 Å². The van der Waals surface area contributed by atoms with Crippen LogP contribution >= 0.6 is 0 Å². The van der Waals surface area contributed by atoms with Crippen LogP contribution in [-0.2, 0) is 11.3 Å². The standard InChI is InChI=1S/C15H22N4O/c1-12-4-5-13-8-18(9-14(13)7-12)15(20)3-2-6-19-11-16-10-17-19/h4,10-11,13-14H,2-3,5-9H2,1H3/t13-,14+/m1/s1. The minimum Gasteiger partial charge on any atom is -0.342 e. The van der Waals surface area contributed by atoms with Crippen LogP contribution in [0, 0.1) is 11.8 Å². The lowest BCUT2D eigenvalue weighted by Gasteiger charge is -2.21. The molecule has 1 amide bonds. The molecule has 0 aromatic carbocycles. The lowest BCUT2D eigenvalue weighted by molar-refractivity contribution is -0.130. The Morgan fingerprint density at radius 2 is 2.25 bits per heavy atom. The molecule has 1 saturated heterocycles. The molecular weight excluding hydrogens is 252 g/mol. The Hall–Kier alpha value is -1.65. The Morgan fingerprint density at radius 3 is 3.05 bits per heavy atom. The average molecular weight is 274 g/mol. The van der Waals surface area contributed by atoms with Gasteiger partial charge in [0.15, 0.2) is 0 Å². The van der Waals surface area contributed by atoms with Gasteiger partial charge in [-0.05, 0) is 38.0 Å². The number of aryl methyl sites for hydroxylation is 1. The van der Waals surface area contributed by atoms with Crippen LogP contribution in [0.25, 0.3) is 0 Å². The van der Waals surface area contributed by atoms with Crippen LogP contribution in [0.5, 0.6) is 0 Å². The van der Waals surface area contributed by atoms with Crippen LogP contribution < -0.4 is 0 Å². The molecule has 1 fully saturated rings. The molecule has 1 aromatic heterocycles. The highest BCUT2D eigenvalue weighted by Gasteiger charge is 2.35. The lowest BCUT2D eigenvalue weighted by atomic mass is 9.83. The largest absolute Gasteiger partial charge is 0.342 e. The number of hydrogen-bond donors (Lipinski definition) is 0. The number of nitrogens with zero attached hydrogens (tertiary/aromatic N) is 4. The second kappa shape index (κ2) is 5.77. The van der Waals surface area contributed by atoms with Gasteiger partial charge in [-0.25, -0.2) is 4.98 Å². The zero-order valence-corrected chi connectivity index (χ0v) is 12.0. The van der Waals surface area contributed by atoms with E-state index in [4.69, 9.17) is 0 Å². The van der Waals surface area contributed by atoms with Crippen molar-refractivity contribution in [1.82, 2.24) is 19.7 Å². The predicted octanol–water partition coefficient (Wildman–Crippen LogP) is 1.87. The van der Waals surface area contributed by atoms with E-state index in [1.54, 1.807) is 11.0 Å². The summed E-state index contributed by atoms with van der Waals surface area (Å²) in [6.07, 6.45) is 9.36. The summed E-state index contributed by atoms with van der Waals surface area (Å²) in [5.41, 5.74) is 1.49. The number of fused-ring (bicyclic) bond motifs is 1. The van der Waals surface area contributed by atoms with Crippen LogP contribution in [0.2, 0.25) is 0 Å². The van der Waals surface area contributed by atoms with Crippen LogP contribution in [0.3, 0.4) is 0 Å². The summed E-state index contributed by atoms with van der Waals surface area (Å²) in [4.78, 5) is 18.2. The van der Waals surface area contributed by atoms with E-state index < -0.39 is 0 Å². The summed E-state index contributed by atoms with van der Waals surface area (Å²) < 4.78 is 1.78. The molecule has 0 unspecified atom stereocenters. The number of likely N-dealkylation sites (tertiary alicyclic amines) is 1. The highest BCUT2D eigenvalue weighted by molar-refractivity contribution is 5.76. The molecule has 1 aromatic rings. The first-order valence-electron chi connectivity index (χ1n) is 7.48. The van der Waals surface area contributed by atoms with E-state index >= 15 is 0 Å². The Morgan fingerprint density at radius 1 is 1.40 bits per heavy atom. The molecule has 0 radical (unpaired) electrons. The van der Waals surface area contributed by atoms with Crippen molar-refractivity contribution in [1.29, 1.82) is 0 Å². The van der Waals surface area contributed by atoms with Gasteiger partial charge in [0.25, 0.3) is 0 Å². The molecule has 1 aliphatic heterocycles. The topological polar surface area (TPSA) is 51.0 Å². The van der Waals surface area contributed by atoms with Gasteiger partial charge in [-0.2, -0.15) is 5.10 Å². The van der Waals surface area contributed by atoms with Gasteiger partial charge in [0.05, 0.1) is 0 Å². The Labute approximate surface area is 119 Å². The summed E-state index contributed by atoms with van der Waals surface area (Å²) in [5.74, 6) is 1.69. The van der Waals surface area contributed by atoms with E-state index in [0.717, 1.165) is 32.5 Å². The van der Waals surface area contributed by atoms with E-state index in [1.165, 1.54) is 18.3 Å². The maximum Gasteiger partial charge on any atom is 0.222 e. The molecule has 3 rings (SSSR count). The van der Waals surface area contributed by atoms with Gasteiger partial charge in [0, 0.05) is 26.1 Å². The molecule has 0 saturated carbocycles. The van der Waals surface area contributed by atoms with Crippen molar-refractivity contribution in [2.45, 2.75) is 39.2 Å². The molecule has 20 heavy (non-hydrogen) atoms. The molecular formula is C15H22N4O. The predicted molar refractivity (Wildman–Crippen MR) is 75.8 cm³/mol. The van der Waals surface area contributed by atoms with Gasteiger partial charge in [-0.1, -0.05) is 11.6 Å². The highest BCUT2D eigenvalue weighted by atomic mass is 16.2. The first-order valence-corrected chi connectivity index (χ1v) is 7.48. The third-order valence-corrected chi connectivity index (χ3v) is 4.53. The van der Waals surface area contributed by atoms with E-state index in [-0.39, 0.29) is 0 Å². The minimum atomic E-state index is 0.303. The summed E-state index contributed by atoms with van der Waals surface area (Å²) in [7, 11) is 0. The normalized spacial score (nSPS) is 25.4. The number of hydrogen-bond acceptors (Lipinski definition) is 3. The smallest absolute Gasteiger partial charge is 0.222 e. The molecule has 0 N–H and O–H groups in total. The van der Waals surface area contributed by atoms with Crippen molar-refractivity contribution >= 4 is 5.91 Å². The van der Waals surface area contributed by atoms with E-state index in [2.05, 4.69) is 28.0 Å². The van der Waals surface area contributed by atoms with Crippen LogP contribution in [0.15, 0.2) is 24.3 Å². The third-order valence-electron chi connectivity index (χ3n) is 4.53. The number of aromatic nitrogens is 3. The third kappa shape index (κ3) is 2.92. The quantitative estimate of drug-likeness (QED) is 0.788. The minimum absolute atomic E-state index is 0.303. The Bertz CT molecular complexity index is 494. The van der Waals surface area contributed by atoms with Gasteiger partial charge in [-0.3, -0.25) is 9.48 Å². The van der Waals surface area contributed by atoms with E-state index in [0.29, 0.717) is 24.2 Å². The van der Waals surface area contributed by atoms with Crippen molar-refractivity contribution in [3.05, 3.63) is 24.3 Å². The summed E-state index contributed by atoms with van der Waals surface area (Å²) in [6, 6.07) is 0. The van der Waals surface area contributed by atoms with Crippen LogP contribution in [0.4, 0.5) is 0 Å². The molecule has 2 heterocycles. The van der Waals surface area contributed by atoms with Gasteiger partial charge >= 0.3 is 0 Å². The molecule has 0 bridgehead atoms. The molecule has 2 aliphatic rings. The summed E-state index contributed by atoms with van der Waals surface area (Å²) in [6.45, 7) is 4.89. The van der Waals surface area contributed by atoms with Crippen LogP contribution in [-0.4, -0.2) is 38.7 Å². The fourth-order valence-corrected chi connectivity index (χ4v) is 3.39. The molecule has 108 valence electrons. The molecule has 2 atom stereocenters. The fourth-order valence-electron chi connectivity index (χ4n) is 3.39. The van der Waals surface area contributed by atoms with E-state index in [9.17, 15) is 4.79 Å². The van der Waals surface area contributed by atoms with Crippen molar-refractivity contribution in [3.63, 3.8) is 0 Å². The van der Waals surface area contributed by atoms with Gasteiger partial charge < -0.3 is 4.90 Å². The van der Waals surface area contributed by atoms with Gasteiger partial charge in [-0.15, -0.1) is 0 Å². The SMILES string of the molecule is CC1=CC[C@@H]2CN(C(=O)CCCn3cncn3)C[C@@H]2C1. The average Bonchev–Trinajstić information content (AvgIpc) is 3.06. The van der Waals surface area contributed by atoms with Crippen molar-refractivity contribution in [2.75, 3.05) is 13.1 Å². The van der Waals surface area contributed by atoms with Crippen molar-refractivity contribution in [3.8, 4) is 0 Å². The molecule has 5 nitrogen and oxygen atoms in total. The maximum atomic E-state index is 12.3. The summed E-state index contributed by atoms with van der Waals surface area (Å²) >= 11 is 0. The molecule has 0 spiro atoms. The number of carbonyl (C=O) groups excluding carboxylic acids is 1. The first kappa shape index (κ1) is 13.3. The molecule has 1 aliphatic carbocycles. The van der Waals surface area contributed by atoms with Crippen molar-refractivity contribution < 1.29 is 4.79 Å². The Balaban J connectivity index is 1.45. The second-order valence-electron chi connectivity index (χ2n) is 6.07. The lowest BCUT2D eigenvalue weighted by Crippen LogP contribution is -2.29. The number of amides is 1. The van der Waals surface area contributed by atoms with E-state index in [1.807, 2.05) is 0 Å². The monoisotopic (exact) mass is 274 g/mol. The Kier molecular flexibility index (Phi) is 3.85. The summed E-state index contributed by atoms with van der Waals surface area (Å²) in [5, 5.41) is 4.05.